The summed E-state index contributed by atoms with van der Waals surface area (Å²) in [5, 5.41) is 0.598. The van der Waals surface area contributed by atoms with E-state index in [1.807, 2.05) is 18.2 Å². The van der Waals surface area contributed by atoms with Crippen LogP contribution in [-0.4, -0.2) is 39.9 Å². The molecule has 0 saturated heterocycles. The van der Waals surface area contributed by atoms with Crippen molar-refractivity contribution in [2.45, 2.75) is 38.1 Å². The van der Waals surface area contributed by atoms with E-state index in [0.29, 0.717) is 35.7 Å². The Balaban J connectivity index is 1.74. The number of hydrogen-bond donors (Lipinski definition) is 2. The molecule has 1 aliphatic rings. The molecule has 1 fully saturated rings. The number of carbonyl (C=O) groups is 1. The normalized spacial score (nSPS) is 15.5. The van der Waals surface area contributed by atoms with Crippen LogP contribution in [0, 0.1) is 0 Å². The molecule has 1 aromatic carbocycles. The van der Waals surface area contributed by atoms with E-state index in [-0.39, 0.29) is 18.0 Å². The minimum atomic E-state index is -0.308. The second kappa shape index (κ2) is 6.91. The van der Waals surface area contributed by atoms with Crippen molar-refractivity contribution >= 4 is 16.8 Å². The van der Waals surface area contributed by atoms with Gasteiger partial charge in [0, 0.05) is 19.0 Å². The minimum Gasteiger partial charge on any atom is -0.369 e. The second-order valence-electron chi connectivity index (χ2n) is 6.15. The molecule has 0 spiro atoms. The van der Waals surface area contributed by atoms with E-state index in [0.717, 1.165) is 12.8 Å². The molecule has 0 atom stereocenters. The summed E-state index contributed by atoms with van der Waals surface area (Å²) in [7, 11) is 0. The summed E-state index contributed by atoms with van der Waals surface area (Å²) in [5.41, 5.74) is 5.96. The molecule has 0 radical (unpaired) electrons. The quantitative estimate of drug-likeness (QED) is 0.838. The van der Waals surface area contributed by atoms with Gasteiger partial charge in [0.1, 0.15) is 5.82 Å². The molecule has 23 heavy (non-hydrogen) atoms. The van der Waals surface area contributed by atoms with E-state index in [9.17, 15) is 9.59 Å². The molecule has 6 nitrogen and oxygen atoms in total. The SMILES string of the molecule is NC(=O)CN(CCc1nc2ccccc2c(=O)[nH]1)C1CCCC1. The van der Waals surface area contributed by atoms with Gasteiger partial charge in [0.25, 0.3) is 5.56 Å². The Morgan fingerprint density at radius 2 is 2.04 bits per heavy atom. The molecule has 0 unspecified atom stereocenters. The monoisotopic (exact) mass is 314 g/mol. The average Bonchev–Trinajstić information content (AvgIpc) is 3.05. The summed E-state index contributed by atoms with van der Waals surface area (Å²) in [6, 6.07) is 7.72. The second-order valence-corrected chi connectivity index (χ2v) is 6.15. The Bertz CT molecular complexity index is 750. The number of aromatic nitrogens is 2. The van der Waals surface area contributed by atoms with Gasteiger partial charge < -0.3 is 10.7 Å². The molecule has 2 aromatic rings. The molecular formula is C17H22N4O2. The largest absolute Gasteiger partial charge is 0.369 e. The number of amides is 1. The summed E-state index contributed by atoms with van der Waals surface area (Å²) < 4.78 is 0. The van der Waals surface area contributed by atoms with Gasteiger partial charge in [-0.15, -0.1) is 0 Å². The number of primary amides is 1. The van der Waals surface area contributed by atoms with E-state index in [4.69, 9.17) is 5.73 Å². The van der Waals surface area contributed by atoms with E-state index >= 15 is 0 Å². The standard InChI is InChI=1S/C17H22N4O2/c18-15(22)11-21(12-5-1-2-6-12)10-9-16-19-14-8-4-3-7-13(14)17(23)20-16/h3-4,7-8,12H,1-2,5-6,9-11H2,(H2,18,22)(H,19,20,23). The number of aromatic amines is 1. The Morgan fingerprint density at radius 3 is 2.78 bits per heavy atom. The van der Waals surface area contributed by atoms with Gasteiger partial charge in [0.15, 0.2) is 0 Å². The van der Waals surface area contributed by atoms with Crippen molar-refractivity contribution in [2.24, 2.45) is 5.73 Å². The van der Waals surface area contributed by atoms with Crippen LogP contribution < -0.4 is 11.3 Å². The molecule has 0 aliphatic heterocycles. The lowest BCUT2D eigenvalue weighted by molar-refractivity contribution is -0.119. The van der Waals surface area contributed by atoms with Gasteiger partial charge in [0.05, 0.1) is 17.4 Å². The molecular weight excluding hydrogens is 292 g/mol. The van der Waals surface area contributed by atoms with Crippen LogP contribution in [0.2, 0.25) is 0 Å². The van der Waals surface area contributed by atoms with Crippen LogP contribution in [0.15, 0.2) is 29.1 Å². The Morgan fingerprint density at radius 1 is 1.30 bits per heavy atom. The zero-order valence-electron chi connectivity index (χ0n) is 13.1. The van der Waals surface area contributed by atoms with Crippen LogP contribution in [0.4, 0.5) is 0 Å². The summed E-state index contributed by atoms with van der Waals surface area (Å²) in [5.74, 6) is 0.345. The lowest BCUT2D eigenvalue weighted by Crippen LogP contribution is -2.41. The van der Waals surface area contributed by atoms with E-state index < -0.39 is 0 Å². The van der Waals surface area contributed by atoms with Crippen LogP contribution in [0.3, 0.4) is 0 Å². The lowest BCUT2D eigenvalue weighted by Gasteiger charge is -2.27. The topological polar surface area (TPSA) is 92.1 Å². The molecule has 0 bridgehead atoms. The Hall–Kier alpha value is -2.21. The van der Waals surface area contributed by atoms with Gasteiger partial charge in [-0.3, -0.25) is 14.5 Å². The first-order valence-corrected chi connectivity index (χ1v) is 8.14. The van der Waals surface area contributed by atoms with Crippen LogP contribution in [0.1, 0.15) is 31.5 Å². The highest BCUT2D eigenvalue weighted by molar-refractivity contribution is 5.77. The van der Waals surface area contributed by atoms with Crippen LogP contribution in [0.5, 0.6) is 0 Å². The van der Waals surface area contributed by atoms with Crippen LogP contribution in [0.25, 0.3) is 10.9 Å². The van der Waals surface area contributed by atoms with Crippen LogP contribution >= 0.6 is 0 Å². The molecule has 3 N–H and O–H groups in total. The van der Waals surface area contributed by atoms with Gasteiger partial charge >= 0.3 is 0 Å². The highest BCUT2D eigenvalue weighted by Gasteiger charge is 2.23. The first-order valence-electron chi connectivity index (χ1n) is 8.14. The molecule has 122 valence electrons. The van der Waals surface area contributed by atoms with Crippen molar-refractivity contribution < 1.29 is 4.79 Å². The maximum absolute atomic E-state index is 12.1. The first kappa shape index (κ1) is 15.7. The lowest BCUT2D eigenvalue weighted by atomic mass is 10.2. The van der Waals surface area contributed by atoms with Crippen molar-refractivity contribution in [1.82, 2.24) is 14.9 Å². The molecule has 1 amide bonds. The number of benzene rings is 1. The predicted molar refractivity (Wildman–Crippen MR) is 89.1 cm³/mol. The van der Waals surface area contributed by atoms with Crippen molar-refractivity contribution in [1.29, 1.82) is 0 Å². The maximum Gasteiger partial charge on any atom is 0.258 e. The number of fused-ring (bicyclic) bond motifs is 1. The third kappa shape index (κ3) is 3.76. The number of carbonyl (C=O) groups excluding carboxylic acids is 1. The molecule has 3 rings (SSSR count). The number of nitrogens with zero attached hydrogens (tertiary/aromatic N) is 2. The fourth-order valence-electron chi connectivity index (χ4n) is 3.36. The summed E-state index contributed by atoms with van der Waals surface area (Å²) in [6.45, 7) is 0.942. The zero-order valence-corrected chi connectivity index (χ0v) is 13.1. The highest BCUT2D eigenvalue weighted by Crippen LogP contribution is 2.23. The third-order valence-corrected chi connectivity index (χ3v) is 4.50. The van der Waals surface area contributed by atoms with E-state index in [1.165, 1.54) is 12.8 Å². The number of hydrogen-bond acceptors (Lipinski definition) is 4. The zero-order chi connectivity index (χ0) is 16.2. The molecule has 1 aromatic heterocycles. The fraction of sp³-hybridized carbons (Fsp3) is 0.471. The van der Waals surface area contributed by atoms with Gasteiger partial charge in [0.2, 0.25) is 5.91 Å². The summed E-state index contributed by atoms with van der Waals surface area (Å²) >= 11 is 0. The van der Waals surface area contributed by atoms with Crippen molar-refractivity contribution in [2.75, 3.05) is 13.1 Å². The number of nitrogens with one attached hydrogen (secondary N) is 1. The predicted octanol–water partition coefficient (Wildman–Crippen LogP) is 1.20. The summed E-state index contributed by atoms with van der Waals surface area (Å²) in [6.07, 6.45) is 5.21. The van der Waals surface area contributed by atoms with Crippen molar-refractivity contribution in [3.63, 3.8) is 0 Å². The Labute approximate surface area is 134 Å². The van der Waals surface area contributed by atoms with E-state index in [2.05, 4.69) is 14.9 Å². The smallest absolute Gasteiger partial charge is 0.258 e. The van der Waals surface area contributed by atoms with Crippen LogP contribution in [-0.2, 0) is 11.2 Å². The summed E-state index contributed by atoms with van der Waals surface area (Å²) in [4.78, 5) is 32.9. The van der Waals surface area contributed by atoms with Gasteiger partial charge in [-0.2, -0.15) is 0 Å². The first-order chi connectivity index (χ1) is 11.1. The van der Waals surface area contributed by atoms with Crippen molar-refractivity contribution in [3.05, 3.63) is 40.4 Å². The average molecular weight is 314 g/mol. The number of para-hydroxylation sites is 1. The van der Waals surface area contributed by atoms with Gasteiger partial charge in [-0.25, -0.2) is 4.98 Å². The van der Waals surface area contributed by atoms with Crippen molar-refractivity contribution in [3.8, 4) is 0 Å². The fourth-order valence-corrected chi connectivity index (χ4v) is 3.36. The van der Waals surface area contributed by atoms with Gasteiger partial charge in [-0.1, -0.05) is 25.0 Å². The molecule has 1 aliphatic carbocycles. The molecule has 6 heteroatoms. The number of rotatable bonds is 6. The number of H-pyrrole nitrogens is 1. The Kier molecular flexibility index (Phi) is 4.71. The molecule has 1 heterocycles. The van der Waals surface area contributed by atoms with Gasteiger partial charge in [-0.05, 0) is 25.0 Å². The number of nitrogens with two attached hydrogens (primary N) is 1. The third-order valence-electron chi connectivity index (χ3n) is 4.50. The molecule has 1 saturated carbocycles. The minimum absolute atomic E-state index is 0.118. The van der Waals surface area contributed by atoms with E-state index in [1.54, 1.807) is 6.07 Å². The highest BCUT2D eigenvalue weighted by atomic mass is 16.1. The maximum atomic E-state index is 12.1.